The van der Waals surface area contributed by atoms with E-state index in [2.05, 4.69) is 0 Å². The van der Waals surface area contributed by atoms with E-state index in [0.717, 1.165) is 0 Å². The standard InChI is InChI=1S/Ca.Fe.Mg.Na.Zn.5H/q+2;;+2;+1;;5*-1. The Balaban J connectivity index is 0. The van der Waals surface area contributed by atoms with Gasteiger partial charge in [-0.05, 0) is 0 Å². The third kappa shape index (κ3) is 17.9. The van der Waals surface area contributed by atoms with Crippen molar-refractivity contribution in [2.24, 2.45) is 0 Å². The van der Waals surface area contributed by atoms with Crippen molar-refractivity contribution in [3.05, 3.63) is 0 Å². The van der Waals surface area contributed by atoms with E-state index in [1.54, 1.807) is 0 Å². The summed E-state index contributed by atoms with van der Waals surface area (Å²) >= 11 is 0. The molecule has 0 radical (unpaired) electrons. The molecule has 0 aliphatic heterocycles. The average Bonchev–Trinajstić information content (AvgIpc) is 0. The summed E-state index contributed by atoms with van der Waals surface area (Å²) in [6.45, 7) is 0. The van der Waals surface area contributed by atoms with Crippen LogP contribution in [0, 0.1) is 0 Å². The summed E-state index contributed by atoms with van der Waals surface area (Å²) in [5.41, 5.74) is 0. The Morgan fingerprint density at radius 1 is 1.20 bits per heavy atom. The molecule has 0 bridgehead atoms. The van der Waals surface area contributed by atoms with Crippen LogP contribution in [-0.4, -0.2) is 60.8 Å². The molecule has 0 aliphatic carbocycles. The minimum atomic E-state index is 0. The first-order chi connectivity index (χ1) is 0. The molecule has 0 nitrogen and oxygen atoms in total. The largest absolute Gasteiger partial charge is 2.00 e. The Labute approximate surface area is 131 Å². The minimum absolute atomic E-state index is 0. The van der Waals surface area contributed by atoms with Gasteiger partial charge in [-0.1, -0.05) is 0 Å². The fourth-order valence-electron chi connectivity index (χ4n) is 0. The van der Waals surface area contributed by atoms with Crippen LogP contribution in [0.15, 0.2) is 0 Å². The van der Waals surface area contributed by atoms with Crippen molar-refractivity contribution < 1.29 is 73.2 Å². The van der Waals surface area contributed by atoms with Gasteiger partial charge in [-0.2, -0.15) is 0 Å². The summed E-state index contributed by atoms with van der Waals surface area (Å²) in [7, 11) is 0. The Morgan fingerprint density at radius 2 is 1.20 bits per heavy atom. The van der Waals surface area contributed by atoms with Gasteiger partial charge in [0.15, 0.2) is 0 Å². The monoisotopic (exact) mass is 212 g/mol. The fourth-order valence-corrected chi connectivity index (χ4v) is 0. The van der Waals surface area contributed by atoms with Crippen LogP contribution < -0.4 is 29.6 Å². The molecule has 0 saturated heterocycles. The zero-order valence-electron chi connectivity index (χ0n) is 8.47. The first-order valence-electron chi connectivity index (χ1n) is 0. The van der Waals surface area contributed by atoms with Crippen molar-refractivity contribution in [1.29, 1.82) is 0 Å². The van der Waals surface area contributed by atoms with Gasteiger partial charge >= 0.3 is 90.3 Å². The van der Waals surface area contributed by atoms with E-state index in [1.807, 2.05) is 0 Å². The van der Waals surface area contributed by atoms with E-state index in [9.17, 15) is 0 Å². The van der Waals surface area contributed by atoms with Crippen LogP contribution in [-0.2, 0) is 36.5 Å². The quantitative estimate of drug-likeness (QED) is 0.372. The second-order valence-corrected chi connectivity index (χ2v) is 0. The molecule has 0 spiro atoms. The molecule has 5 heteroatoms. The summed E-state index contributed by atoms with van der Waals surface area (Å²) in [6.07, 6.45) is 0. The number of hydrogen-bond donors (Lipinski definition) is 0. The van der Waals surface area contributed by atoms with Crippen molar-refractivity contribution in [3.8, 4) is 0 Å². The van der Waals surface area contributed by atoms with Crippen LogP contribution in [0.5, 0.6) is 0 Å². The molecular weight excluding hydrogens is 209 g/mol. The maximum atomic E-state index is 0. The third-order valence-corrected chi connectivity index (χ3v) is 0. The summed E-state index contributed by atoms with van der Waals surface area (Å²) in [5.74, 6) is 0. The van der Waals surface area contributed by atoms with Gasteiger partial charge in [0, 0.05) is 36.5 Å². The van der Waals surface area contributed by atoms with Gasteiger partial charge in [-0.3, -0.25) is 0 Å². The molecule has 0 heterocycles. The van der Waals surface area contributed by atoms with Crippen molar-refractivity contribution in [2.45, 2.75) is 0 Å². The van der Waals surface area contributed by atoms with Crippen molar-refractivity contribution in [3.63, 3.8) is 0 Å². The van der Waals surface area contributed by atoms with Gasteiger partial charge in [0.2, 0.25) is 0 Å². The second-order valence-electron chi connectivity index (χ2n) is 0. The summed E-state index contributed by atoms with van der Waals surface area (Å²) in [4.78, 5) is 0. The van der Waals surface area contributed by atoms with Crippen LogP contribution in [0.3, 0.4) is 0 Å². The smallest absolute Gasteiger partial charge is 1.00 e. The predicted octanol–water partition coefficient (Wildman–Crippen LogP) is -3.20. The predicted molar refractivity (Wildman–Crippen MR) is 17.1 cm³/mol. The topological polar surface area (TPSA) is 0 Å². The second kappa shape index (κ2) is 24.2. The van der Waals surface area contributed by atoms with E-state index in [0.29, 0.717) is 0 Å². The zero-order chi connectivity index (χ0) is 0. The summed E-state index contributed by atoms with van der Waals surface area (Å²) in [6, 6.07) is 0. The fraction of sp³-hybridized carbons (Fsp3) is 0. The van der Waals surface area contributed by atoms with Crippen LogP contribution >= 0.6 is 0 Å². The van der Waals surface area contributed by atoms with E-state index in [4.69, 9.17) is 0 Å². The molecule has 0 saturated carbocycles. The maximum Gasteiger partial charge on any atom is 2.00 e. The molecule has 0 N–H and O–H groups in total. The summed E-state index contributed by atoms with van der Waals surface area (Å²) < 4.78 is 0. The SMILES string of the molecule is [Ca+2].[Fe].[H-].[H-].[H-].[H-].[H-].[Mg+2].[Na+].[Zn]. The van der Waals surface area contributed by atoms with Crippen molar-refractivity contribution >= 4 is 60.8 Å². The van der Waals surface area contributed by atoms with Gasteiger partial charge in [0.1, 0.15) is 0 Å². The molecule has 0 aliphatic rings. The van der Waals surface area contributed by atoms with Crippen LogP contribution in [0.25, 0.3) is 0 Å². The van der Waals surface area contributed by atoms with Crippen LogP contribution in [0.1, 0.15) is 7.13 Å². The average molecular weight is 214 g/mol. The molecule has 0 unspecified atom stereocenters. The maximum absolute atomic E-state index is 0. The van der Waals surface area contributed by atoms with E-state index in [1.165, 1.54) is 0 Å². The molecule has 0 rings (SSSR count). The summed E-state index contributed by atoms with van der Waals surface area (Å²) in [5, 5.41) is 0. The van der Waals surface area contributed by atoms with Crippen LogP contribution in [0.2, 0.25) is 0 Å². The van der Waals surface area contributed by atoms with Gasteiger partial charge in [0.25, 0.3) is 0 Å². The normalized spacial score (nSPS) is 0. The molecule has 0 amide bonds. The Hall–Kier alpha value is 4.17. The molecule has 0 fully saturated rings. The first-order valence-corrected chi connectivity index (χ1v) is 0. The molecule has 0 aromatic rings. The van der Waals surface area contributed by atoms with Gasteiger partial charge < -0.3 is 7.13 Å². The first kappa shape index (κ1) is 35.2. The van der Waals surface area contributed by atoms with Crippen molar-refractivity contribution in [2.75, 3.05) is 0 Å². The van der Waals surface area contributed by atoms with E-state index in [-0.39, 0.29) is 134 Å². The minimum Gasteiger partial charge on any atom is -1.00 e. The van der Waals surface area contributed by atoms with Gasteiger partial charge in [-0.25, -0.2) is 0 Å². The van der Waals surface area contributed by atoms with E-state index >= 15 is 0 Å². The Kier molecular flexibility index (Phi) is 170. The third-order valence-electron chi connectivity index (χ3n) is 0. The molecule has 20 valence electrons. The van der Waals surface area contributed by atoms with Crippen LogP contribution in [0.4, 0.5) is 0 Å². The number of rotatable bonds is 0. The molecule has 0 atom stereocenters. The Morgan fingerprint density at radius 3 is 1.20 bits per heavy atom. The molecular formula is H5CaFeMgNaZn. The van der Waals surface area contributed by atoms with E-state index < -0.39 is 0 Å². The number of hydrogen-bond acceptors (Lipinski definition) is 0. The van der Waals surface area contributed by atoms with Gasteiger partial charge in [-0.15, -0.1) is 0 Å². The zero-order valence-corrected chi connectivity index (χ0v) is 13.2. The van der Waals surface area contributed by atoms with Gasteiger partial charge in [0.05, 0.1) is 0 Å². The molecule has 0 aromatic carbocycles. The molecule has 5 heavy (non-hydrogen) atoms. The Bertz CT molecular complexity index is 21.6. The molecule has 0 aromatic heterocycles. The van der Waals surface area contributed by atoms with Crippen molar-refractivity contribution in [1.82, 2.24) is 0 Å².